The van der Waals surface area contributed by atoms with Crippen LogP contribution in [-0.4, -0.2) is 46.5 Å². The Labute approximate surface area is 134 Å². The monoisotopic (exact) mass is 325 g/mol. The Bertz CT molecular complexity index is 547. The summed E-state index contributed by atoms with van der Waals surface area (Å²) in [5.41, 5.74) is 2.29. The maximum absolute atomic E-state index is 12.3. The first-order valence-corrected chi connectivity index (χ1v) is 9.44. The average Bonchev–Trinajstić information content (AvgIpc) is 2.77. The van der Waals surface area contributed by atoms with Gasteiger partial charge in [0.1, 0.15) is 0 Å². The van der Waals surface area contributed by atoms with E-state index in [-0.39, 0.29) is 0 Å². The fraction of sp³-hybridized carbons (Fsp3) is 0.625. The van der Waals surface area contributed by atoms with Crippen LogP contribution < -0.4 is 9.62 Å². The third-order valence-corrected chi connectivity index (χ3v) is 5.67. The van der Waals surface area contributed by atoms with Crippen LogP contribution in [0, 0.1) is 0 Å². The van der Waals surface area contributed by atoms with Gasteiger partial charge in [-0.15, -0.1) is 0 Å². The molecule has 6 heteroatoms. The highest BCUT2D eigenvalue weighted by atomic mass is 32.2. The smallest absolute Gasteiger partial charge is 0.279 e. The van der Waals surface area contributed by atoms with Crippen LogP contribution in [0.15, 0.2) is 24.3 Å². The third kappa shape index (κ3) is 4.97. The molecule has 0 bridgehead atoms. The predicted octanol–water partition coefficient (Wildman–Crippen LogP) is 2.01. The lowest BCUT2D eigenvalue weighted by atomic mass is 10.1. The summed E-state index contributed by atoms with van der Waals surface area (Å²) in [6.45, 7) is 1.74. The molecule has 5 nitrogen and oxygen atoms in total. The molecule has 0 unspecified atom stereocenters. The van der Waals surface area contributed by atoms with Crippen LogP contribution >= 0.6 is 0 Å². The van der Waals surface area contributed by atoms with Gasteiger partial charge in [0.15, 0.2) is 0 Å². The zero-order valence-corrected chi connectivity index (χ0v) is 14.4. The number of nitrogens with zero attached hydrogens (tertiary/aromatic N) is 2. The zero-order valence-electron chi connectivity index (χ0n) is 13.6. The molecule has 2 rings (SSSR count). The second kappa shape index (κ2) is 7.94. The Morgan fingerprint density at radius 3 is 2.18 bits per heavy atom. The van der Waals surface area contributed by atoms with E-state index in [1.54, 1.807) is 4.31 Å². The van der Waals surface area contributed by atoms with Crippen molar-refractivity contribution in [2.45, 2.75) is 32.1 Å². The molecule has 0 radical (unpaired) electrons. The molecule has 1 aliphatic rings. The van der Waals surface area contributed by atoms with Crippen molar-refractivity contribution in [2.75, 3.05) is 38.6 Å². The summed E-state index contributed by atoms with van der Waals surface area (Å²) in [5.74, 6) is 0. The van der Waals surface area contributed by atoms with E-state index in [9.17, 15) is 8.42 Å². The fourth-order valence-corrected chi connectivity index (χ4v) is 3.94. The van der Waals surface area contributed by atoms with E-state index >= 15 is 0 Å². The number of rotatable bonds is 6. The minimum atomic E-state index is -3.32. The van der Waals surface area contributed by atoms with Gasteiger partial charge < -0.3 is 4.90 Å². The van der Waals surface area contributed by atoms with Gasteiger partial charge in [-0.1, -0.05) is 25.0 Å². The van der Waals surface area contributed by atoms with Crippen LogP contribution in [0.4, 0.5) is 5.69 Å². The molecule has 1 aromatic carbocycles. The number of hydrogen-bond acceptors (Lipinski definition) is 3. The Morgan fingerprint density at radius 2 is 1.64 bits per heavy atom. The zero-order chi connectivity index (χ0) is 16.0. The van der Waals surface area contributed by atoms with Crippen molar-refractivity contribution in [3.8, 4) is 0 Å². The first-order valence-electron chi connectivity index (χ1n) is 8.00. The van der Waals surface area contributed by atoms with Crippen molar-refractivity contribution in [1.82, 2.24) is 9.03 Å². The Hall–Kier alpha value is -1.11. The van der Waals surface area contributed by atoms with Crippen LogP contribution in [0.2, 0.25) is 0 Å². The standard InChI is InChI=1S/C16H27N3O2S/c1-18(2)16-9-7-15(8-10-16)11-12-17-22(20,21)19-13-5-3-4-6-14-19/h7-10,17H,3-6,11-14H2,1-2H3. The first-order chi connectivity index (χ1) is 10.5. The molecule has 0 spiro atoms. The van der Waals surface area contributed by atoms with Crippen molar-refractivity contribution in [3.63, 3.8) is 0 Å². The average molecular weight is 325 g/mol. The molecule has 1 fully saturated rings. The number of benzene rings is 1. The van der Waals surface area contributed by atoms with Crippen molar-refractivity contribution >= 4 is 15.9 Å². The highest BCUT2D eigenvalue weighted by Gasteiger charge is 2.21. The minimum absolute atomic E-state index is 0.445. The van der Waals surface area contributed by atoms with Crippen LogP contribution in [0.3, 0.4) is 0 Å². The van der Waals surface area contributed by atoms with E-state index in [0.29, 0.717) is 26.1 Å². The lowest BCUT2D eigenvalue weighted by molar-refractivity contribution is 0.415. The Kier molecular flexibility index (Phi) is 6.23. The third-order valence-electron chi connectivity index (χ3n) is 4.06. The highest BCUT2D eigenvalue weighted by Crippen LogP contribution is 2.14. The summed E-state index contributed by atoms with van der Waals surface area (Å²) >= 11 is 0. The van der Waals surface area contributed by atoms with E-state index in [1.165, 1.54) is 0 Å². The molecule has 1 heterocycles. The maximum Gasteiger partial charge on any atom is 0.279 e. The summed E-state index contributed by atoms with van der Waals surface area (Å²) in [6, 6.07) is 8.21. The predicted molar refractivity (Wildman–Crippen MR) is 91.4 cm³/mol. The van der Waals surface area contributed by atoms with E-state index in [2.05, 4.69) is 29.0 Å². The topological polar surface area (TPSA) is 52.7 Å². The highest BCUT2D eigenvalue weighted by molar-refractivity contribution is 7.87. The van der Waals surface area contributed by atoms with Gasteiger partial charge in [-0.05, 0) is 37.0 Å². The van der Waals surface area contributed by atoms with Crippen molar-refractivity contribution in [3.05, 3.63) is 29.8 Å². The van der Waals surface area contributed by atoms with E-state index in [4.69, 9.17) is 0 Å². The maximum atomic E-state index is 12.3. The van der Waals surface area contributed by atoms with E-state index < -0.39 is 10.2 Å². The van der Waals surface area contributed by atoms with Crippen LogP contribution in [-0.2, 0) is 16.6 Å². The summed E-state index contributed by atoms with van der Waals surface area (Å²) in [5, 5.41) is 0. The van der Waals surface area contributed by atoms with Gasteiger partial charge in [0.2, 0.25) is 0 Å². The van der Waals surface area contributed by atoms with Gasteiger partial charge in [-0.25, -0.2) is 4.72 Å². The quantitative estimate of drug-likeness (QED) is 0.870. The van der Waals surface area contributed by atoms with Gasteiger partial charge in [0.05, 0.1) is 0 Å². The molecule has 0 atom stereocenters. The SMILES string of the molecule is CN(C)c1ccc(CCNS(=O)(=O)N2CCCCCC2)cc1. The van der Waals surface area contributed by atoms with Gasteiger partial charge >= 0.3 is 0 Å². The molecule has 0 aliphatic carbocycles. The summed E-state index contributed by atoms with van der Waals surface area (Å²) in [4.78, 5) is 2.05. The summed E-state index contributed by atoms with van der Waals surface area (Å²) < 4.78 is 28.9. The lowest BCUT2D eigenvalue weighted by Crippen LogP contribution is -2.41. The molecule has 0 saturated carbocycles. The number of anilines is 1. The van der Waals surface area contributed by atoms with Crippen LogP contribution in [0.25, 0.3) is 0 Å². The number of nitrogens with one attached hydrogen (secondary N) is 1. The van der Waals surface area contributed by atoms with Gasteiger partial charge in [-0.3, -0.25) is 0 Å². The first kappa shape index (κ1) is 17.2. The minimum Gasteiger partial charge on any atom is -0.378 e. The molecule has 22 heavy (non-hydrogen) atoms. The molecular weight excluding hydrogens is 298 g/mol. The second-order valence-corrected chi connectivity index (χ2v) is 7.78. The molecule has 0 amide bonds. The van der Waals surface area contributed by atoms with Crippen molar-refractivity contribution in [2.24, 2.45) is 0 Å². The van der Waals surface area contributed by atoms with E-state index in [0.717, 1.165) is 36.9 Å². The second-order valence-electron chi connectivity index (χ2n) is 6.02. The largest absolute Gasteiger partial charge is 0.378 e. The Balaban J connectivity index is 1.84. The molecule has 124 valence electrons. The molecule has 1 saturated heterocycles. The van der Waals surface area contributed by atoms with Crippen molar-refractivity contribution in [1.29, 1.82) is 0 Å². The summed E-state index contributed by atoms with van der Waals surface area (Å²) in [7, 11) is 0.685. The molecular formula is C16H27N3O2S. The Morgan fingerprint density at radius 1 is 1.05 bits per heavy atom. The van der Waals surface area contributed by atoms with E-state index in [1.807, 2.05) is 19.0 Å². The molecule has 1 aliphatic heterocycles. The molecule has 0 aromatic heterocycles. The molecule has 1 N–H and O–H groups in total. The van der Waals surface area contributed by atoms with Crippen molar-refractivity contribution < 1.29 is 8.42 Å². The van der Waals surface area contributed by atoms with Crippen LogP contribution in [0.5, 0.6) is 0 Å². The number of hydrogen-bond donors (Lipinski definition) is 1. The van der Waals surface area contributed by atoms with Gasteiger partial charge in [0, 0.05) is 39.4 Å². The van der Waals surface area contributed by atoms with Crippen LogP contribution in [0.1, 0.15) is 31.2 Å². The summed E-state index contributed by atoms with van der Waals surface area (Å²) in [6.07, 6.45) is 4.90. The fourth-order valence-electron chi connectivity index (χ4n) is 2.66. The molecule has 1 aromatic rings. The normalized spacial score (nSPS) is 17.2. The lowest BCUT2D eigenvalue weighted by Gasteiger charge is -2.20. The van der Waals surface area contributed by atoms with Gasteiger partial charge in [0.25, 0.3) is 10.2 Å². The van der Waals surface area contributed by atoms with Gasteiger partial charge in [-0.2, -0.15) is 12.7 Å².